The minimum atomic E-state index is -0.277. The number of imide groups is 1. The van der Waals surface area contributed by atoms with Gasteiger partial charge < -0.3 is 4.74 Å². The summed E-state index contributed by atoms with van der Waals surface area (Å²) < 4.78 is 5.50. The molecule has 24 heavy (non-hydrogen) atoms. The van der Waals surface area contributed by atoms with Gasteiger partial charge in [0, 0.05) is 0 Å². The number of carbonyl (C=O) groups excluding carboxylic acids is 2. The Morgan fingerprint density at radius 2 is 1.46 bits per heavy atom. The molecule has 1 aliphatic rings. The molecule has 0 saturated carbocycles. The number of carbonyl (C=O) groups is 2. The topological polar surface area (TPSA) is 46.6 Å². The van der Waals surface area contributed by atoms with Crippen LogP contribution in [0.15, 0.2) is 60.7 Å². The van der Waals surface area contributed by atoms with Gasteiger partial charge in [0.1, 0.15) is 5.75 Å². The average molecular weight is 317 g/mol. The lowest BCUT2D eigenvalue weighted by atomic mass is 10.1. The number of anilines is 1. The molecule has 0 unspecified atom stereocenters. The molecular weight excluding hydrogens is 302 g/mol. The summed E-state index contributed by atoms with van der Waals surface area (Å²) in [5, 5.41) is 1.95. The number of hydrogen-bond donors (Lipinski definition) is 0. The van der Waals surface area contributed by atoms with Crippen LogP contribution in [0.2, 0.25) is 0 Å². The van der Waals surface area contributed by atoms with Crippen molar-refractivity contribution in [3.8, 4) is 5.75 Å². The minimum Gasteiger partial charge on any atom is -0.494 e. The predicted molar refractivity (Wildman–Crippen MR) is 92.7 cm³/mol. The zero-order valence-electron chi connectivity index (χ0n) is 13.2. The lowest BCUT2D eigenvalue weighted by Crippen LogP contribution is -2.29. The van der Waals surface area contributed by atoms with Gasteiger partial charge in [-0.3, -0.25) is 9.59 Å². The molecule has 118 valence electrons. The van der Waals surface area contributed by atoms with E-state index in [1.165, 1.54) is 4.90 Å². The van der Waals surface area contributed by atoms with Crippen molar-refractivity contribution < 1.29 is 14.3 Å². The molecule has 0 spiro atoms. The van der Waals surface area contributed by atoms with Crippen molar-refractivity contribution in [2.75, 3.05) is 11.5 Å². The molecular formula is C20H15NO3. The van der Waals surface area contributed by atoms with E-state index in [0.717, 1.165) is 16.5 Å². The number of hydrogen-bond acceptors (Lipinski definition) is 3. The van der Waals surface area contributed by atoms with Crippen LogP contribution in [0, 0.1) is 0 Å². The maximum Gasteiger partial charge on any atom is 0.266 e. The molecule has 0 fully saturated rings. The number of amides is 2. The van der Waals surface area contributed by atoms with Gasteiger partial charge in [0.2, 0.25) is 0 Å². The molecule has 0 bridgehead atoms. The van der Waals surface area contributed by atoms with Crippen molar-refractivity contribution in [1.82, 2.24) is 0 Å². The summed E-state index contributed by atoms with van der Waals surface area (Å²) in [5.41, 5.74) is 1.49. The van der Waals surface area contributed by atoms with Gasteiger partial charge in [-0.1, -0.05) is 24.3 Å². The highest BCUT2D eigenvalue weighted by molar-refractivity contribution is 6.34. The summed E-state index contributed by atoms with van der Waals surface area (Å²) in [6.45, 7) is 2.55. The second-order valence-electron chi connectivity index (χ2n) is 5.62. The van der Waals surface area contributed by atoms with Gasteiger partial charge in [0.15, 0.2) is 0 Å². The molecule has 1 aliphatic heterocycles. The number of fused-ring (bicyclic) bond motifs is 2. The normalized spacial score (nSPS) is 13.5. The highest BCUT2D eigenvalue weighted by atomic mass is 16.5. The van der Waals surface area contributed by atoms with Crippen LogP contribution in [0.4, 0.5) is 5.69 Å². The molecule has 0 saturated heterocycles. The Morgan fingerprint density at radius 3 is 2.12 bits per heavy atom. The Hall–Kier alpha value is -3.14. The van der Waals surface area contributed by atoms with E-state index in [9.17, 15) is 9.59 Å². The van der Waals surface area contributed by atoms with Gasteiger partial charge in [-0.05, 0) is 54.1 Å². The monoisotopic (exact) mass is 317 g/mol. The molecule has 4 nitrogen and oxygen atoms in total. The first-order valence-electron chi connectivity index (χ1n) is 7.83. The predicted octanol–water partition coefficient (Wildman–Crippen LogP) is 4.04. The summed E-state index contributed by atoms with van der Waals surface area (Å²) in [6, 6.07) is 18.2. The average Bonchev–Trinajstić information content (AvgIpc) is 2.86. The molecule has 0 aromatic heterocycles. The van der Waals surface area contributed by atoms with E-state index in [2.05, 4.69) is 0 Å². The van der Waals surface area contributed by atoms with Crippen LogP contribution in [0.25, 0.3) is 10.8 Å². The van der Waals surface area contributed by atoms with E-state index in [4.69, 9.17) is 4.74 Å². The summed E-state index contributed by atoms with van der Waals surface area (Å²) >= 11 is 0. The van der Waals surface area contributed by atoms with Crippen LogP contribution in [0.3, 0.4) is 0 Å². The van der Waals surface area contributed by atoms with Crippen LogP contribution in [-0.4, -0.2) is 18.4 Å². The minimum absolute atomic E-state index is 0.277. The highest BCUT2D eigenvalue weighted by Gasteiger charge is 2.36. The van der Waals surface area contributed by atoms with Crippen molar-refractivity contribution in [2.24, 2.45) is 0 Å². The van der Waals surface area contributed by atoms with Crippen molar-refractivity contribution in [2.45, 2.75) is 6.92 Å². The van der Waals surface area contributed by atoms with E-state index in [0.29, 0.717) is 23.4 Å². The van der Waals surface area contributed by atoms with E-state index < -0.39 is 0 Å². The Bertz CT molecular complexity index is 943. The largest absolute Gasteiger partial charge is 0.494 e. The van der Waals surface area contributed by atoms with Gasteiger partial charge in [-0.25, -0.2) is 4.90 Å². The zero-order chi connectivity index (χ0) is 16.7. The SMILES string of the molecule is CCOc1ccc2cc(N3C(=O)c4ccccc4C3=O)ccc2c1. The summed E-state index contributed by atoms with van der Waals surface area (Å²) in [7, 11) is 0. The standard InChI is InChI=1S/C20H15NO3/c1-2-24-16-10-8-13-11-15(9-7-14(13)12-16)21-19(22)17-5-3-4-6-18(17)20(21)23/h3-12H,2H2,1H3. The third kappa shape index (κ3) is 2.15. The van der Waals surface area contributed by atoms with Crippen LogP contribution < -0.4 is 9.64 Å². The van der Waals surface area contributed by atoms with Crippen molar-refractivity contribution in [3.05, 3.63) is 71.8 Å². The van der Waals surface area contributed by atoms with E-state index in [1.54, 1.807) is 30.3 Å². The quantitative estimate of drug-likeness (QED) is 0.685. The van der Waals surface area contributed by atoms with Crippen molar-refractivity contribution in [1.29, 1.82) is 0 Å². The summed E-state index contributed by atoms with van der Waals surface area (Å²) in [6.07, 6.45) is 0. The van der Waals surface area contributed by atoms with Crippen molar-refractivity contribution >= 4 is 28.3 Å². The fourth-order valence-electron chi connectivity index (χ4n) is 3.03. The Morgan fingerprint density at radius 1 is 0.833 bits per heavy atom. The summed E-state index contributed by atoms with van der Waals surface area (Å²) in [4.78, 5) is 26.4. The number of benzene rings is 3. The molecule has 4 rings (SSSR count). The molecule has 0 aliphatic carbocycles. The van der Waals surface area contributed by atoms with Crippen molar-refractivity contribution in [3.63, 3.8) is 0 Å². The molecule has 3 aromatic rings. The molecule has 0 radical (unpaired) electrons. The summed E-state index contributed by atoms with van der Waals surface area (Å²) in [5.74, 6) is 0.250. The van der Waals surface area contributed by atoms with Crippen LogP contribution >= 0.6 is 0 Å². The van der Waals surface area contributed by atoms with E-state index in [-0.39, 0.29) is 11.8 Å². The zero-order valence-corrected chi connectivity index (χ0v) is 13.2. The second-order valence-corrected chi connectivity index (χ2v) is 5.62. The fourth-order valence-corrected chi connectivity index (χ4v) is 3.03. The van der Waals surface area contributed by atoms with Crippen LogP contribution in [-0.2, 0) is 0 Å². The first-order valence-corrected chi connectivity index (χ1v) is 7.83. The fraction of sp³-hybridized carbons (Fsp3) is 0.100. The van der Waals surface area contributed by atoms with E-state index in [1.807, 2.05) is 37.3 Å². The molecule has 3 aromatic carbocycles. The van der Waals surface area contributed by atoms with Gasteiger partial charge >= 0.3 is 0 Å². The molecule has 0 N–H and O–H groups in total. The maximum absolute atomic E-state index is 12.6. The lowest BCUT2D eigenvalue weighted by Gasteiger charge is -2.15. The third-order valence-electron chi connectivity index (χ3n) is 4.16. The van der Waals surface area contributed by atoms with Gasteiger partial charge in [-0.2, -0.15) is 0 Å². The highest BCUT2D eigenvalue weighted by Crippen LogP contribution is 2.31. The smallest absolute Gasteiger partial charge is 0.266 e. The van der Waals surface area contributed by atoms with Crippen LogP contribution in [0.1, 0.15) is 27.6 Å². The molecule has 4 heteroatoms. The van der Waals surface area contributed by atoms with Gasteiger partial charge in [-0.15, -0.1) is 0 Å². The third-order valence-corrected chi connectivity index (χ3v) is 4.16. The molecule has 2 amide bonds. The Labute approximate surface area is 139 Å². The second kappa shape index (κ2) is 5.49. The molecule has 0 atom stereocenters. The maximum atomic E-state index is 12.6. The van der Waals surface area contributed by atoms with Gasteiger partial charge in [0.05, 0.1) is 23.4 Å². The molecule has 1 heterocycles. The van der Waals surface area contributed by atoms with Gasteiger partial charge in [0.25, 0.3) is 11.8 Å². The number of ether oxygens (including phenoxy) is 1. The lowest BCUT2D eigenvalue weighted by molar-refractivity contribution is 0.0926. The van der Waals surface area contributed by atoms with E-state index >= 15 is 0 Å². The Balaban J connectivity index is 1.76. The first kappa shape index (κ1) is 14.5. The van der Waals surface area contributed by atoms with Crippen LogP contribution in [0.5, 0.6) is 5.75 Å². The Kier molecular flexibility index (Phi) is 3.31. The number of nitrogens with zero attached hydrogens (tertiary/aromatic N) is 1. The number of rotatable bonds is 3. The first-order chi connectivity index (χ1) is 11.7.